The minimum Gasteiger partial charge on any atom is -0.318 e. The lowest BCUT2D eigenvalue weighted by molar-refractivity contribution is 0.920. The summed E-state index contributed by atoms with van der Waals surface area (Å²) in [5.41, 5.74) is 2.98. The van der Waals surface area contributed by atoms with Gasteiger partial charge in [0.1, 0.15) is 0 Å². The van der Waals surface area contributed by atoms with Crippen molar-refractivity contribution >= 4 is 23.4 Å². The molecule has 0 unspecified atom stereocenters. The van der Waals surface area contributed by atoms with Gasteiger partial charge in [0.05, 0.1) is 0 Å². The Kier molecular flexibility index (Phi) is 4.60. The summed E-state index contributed by atoms with van der Waals surface area (Å²) < 4.78 is 2.08. The monoisotopic (exact) mass is 341 g/mol. The van der Waals surface area contributed by atoms with E-state index in [0.29, 0.717) is 0 Å². The fraction of sp³-hybridized carbons (Fsp3) is 0.105. The molecule has 3 rings (SSSR count). The van der Waals surface area contributed by atoms with Gasteiger partial charge in [-0.25, -0.2) is 0 Å². The molecule has 1 heterocycles. The first kappa shape index (κ1) is 15.9. The second kappa shape index (κ2) is 6.65. The van der Waals surface area contributed by atoms with Crippen molar-refractivity contribution in [2.45, 2.75) is 23.6 Å². The smallest absolute Gasteiger partial charge is 0.182 e. The molecule has 1 aromatic heterocycles. The topological polar surface area (TPSA) is 22.0 Å². The van der Waals surface area contributed by atoms with Gasteiger partial charge in [-0.3, -0.25) is 4.79 Å². The van der Waals surface area contributed by atoms with Gasteiger partial charge in [-0.2, -0.15) is 0 Å². The largest absolute Gasteiger partial charge is 0.318 e. The highest BCUT2D eigenvalue weighted by molar-refractivity contribution is 7.99. The zero-order valence-corrected chi connectivity index (χ0v) is 14.5. The minimum atomic E-state index is 0.0474. The zero-order chi connectivity index (χ0) is 16.4. The van der Waals surface area contributed by atoms with E-state index < -0.39 is 0 Å². The molecule has 4 heteroatoms. The highest BCUT2D eigenvalue weighted by Crippen LogP contribution is 2.29. The van der Waals surface area contributed by atoms with E-state index in [2.05, 4.69) is 28.8 Å². The van der Waals surface area contributed by atoms with Crippen molar-refractivity contribution in [1.29, 1.82) is 0 Å². The normalized spacial score (nSPS) is 10.7. The number of hydrogen-bond donors (Lipinski definition) is 0. The van der Waals surface area contributed by atoms with E-state index in [1.54, 1.807) is 23.9 Å². The minimum absolute atomic E-state index is 0.0474. The fourth-order valence-corrected chi connectivity index (χ4v) is 3.51. The average molecular weight is 342 g/mol. The molecule has 0 bridgehead atoms. The predicted octanol–water partition coefficient (Wildman–Crippen LogP) is 5.26. The highest BCUT2D eigenvalue weighted by Gasteiger charge is 2.05. The maximum atomic E-state index is 11.5. The molecular weight excluding hydrogens is 326 g/mol. The molecule has 0 atom stereocenters. The van der Waals surface area contributed by atoms with Crippen LogP contribution in [-0.4, -0.2) is 4.57 Å². The van der Waals surface area contributed by atoms with E-state index in [0.717, 1.165) is 31.9 Å². The lowest BCUT2D eigenvalue weighted by atomic mass is 10.2. The van der Waals surface area contributed by atoms with Crippen LogP contribution < -0.4 is 5.43 Å². The third-order valence-corrected chi connectivity index (χ3v) is 4.82. The van der Waals surface area contributed by atoms with Crippen LogP contribution in [0.25, 0.3) is 5.69 Å². The number of aryl methyl sites for hydroxylation is 2. The number of benzene rings is 2. The Morgan fingerprint density at radius 1 is 0.826 bits per heavy atom. The van der Waals surface area contributed by atoms with E-state index in [-0.39, 0.29) is 5.43 Å². The Bertz CT molecular complexity index is 856. The summed E-state index contributed by atoms with van der Waals surface area (Å²) in [5, 5.41) is 0.744. The third kappa shape index (κ3) is 3.69. The molecule has 0 fully saturated rings. The number of pyridine rings is 1. The molecule has 0 aliphatic carbocycles. The van der Waals surface area contributed by atoms with Crippen molar-refractivity contribution in [2.24, 2.45) is 0 Å². The van der Waals surface area contributed by atoms with Crippen LogP contribution in [0.5, 0.6) is 0 Å². The van der Waals surface area contributed by atoms with E-state index in [4.69, 9.17) is 11.6 Å². The molecule has 2 nitrogen and oxygen atoms in total. The number of halogens is 1. The van der Waals surface area contributed by atoms with Crippen molar-refractivity contribution in [3.63, 3.8) is 0 Å². The van der Waals surface area contributed by atoms with Crippen LogP contribution in [0.2, 0.25) is 5.02 Å². The molecule has 0 amide bonds. The Labute approximate surface area is 144 Å². The van der Waals surface area contributed by atoms with Gasteiger partial charge < -0.3 is 4.57 Å². The second-order valence-electron chi connectivity index (χ2n) is 5.36. The standard InChI is InChI=1S/C19H16ClNOS/c1-13-11-17(22)12-14(2)21(13)16-5-9-19(10-6-16)23-18-7-3-15(20)4-8-18/h3-12H,1-2H3. The molecule has 116 valence electrons. The van der Waals surface area contributed by atoms with E-state index in [1.165, 1.54) is 0 Å². The number of aromatic nitrogens is 1. The maximum Gasteiger partial charge on any atom is 0.182 e. The maximum absolute atomic E-state index is 11.5. The van der Waals surface area contributed by atoms with E-state index in [1.807, 2.05) is 38.1 Å². The van der Waals surface area contributed by atoms with Crippen LogP contribution in [0, 0.1) is 13.8 Å². The molecule has 0 spiro atoms. The molecule has 0 saturated carbocycles. The van der Waals surface area contributed by atoms with Gasteiger partial charge in [-0.05, 0) is 62.4 Å². The van der Waals surface area contributed by atoms with Crippen LogP contribution in [0.1, 0.15) is 11.4 Å². The molecule has 0 aliphatic heterocycles. The van der Waals surface area contributed by atoms with Crippen molar-refractivity contribution in [3.8, 4) is 5.69 Å². The molecule has 0 radical (unpaired) electrons. The van der Waals surface area contributed by atoms with Gasteiger partial charge in [0.25, 0.3) is 0 Å². The quantitative estimate of drug-likeness (QED) is 0.648. The third-order valence-electron chi connectivity index (χ3n) is 3.55. The number of nitrogens with zero attached hydrogens (tertiary/aromatic N) is 1. The Morgan fingerprint density at radius 2 is 1.30 bits per heavy atom. The lowest BCUT2D eigenvalue weighted by Crippen LogP contribution is -2.11. The first-order valence-corrected chi connectivity index (χ1v) is 8.46. The van der Waals surface area contributed by atoms with Gasteiger partial charge in [0.15, 0.2) is 5.43 Å². The fourth-order valence-electron chi connectivity index (χ4n) is 2.57. The number of hydrogen-bond acceptors (Lipinski definition) is 2. The Balaban J connectivity index is 1.88. The summed E-state index contributed by atoms with van der Waals surface area (Å²) in [7, 11) is 0. The first-order chi connectivity index (χ1) is 11.0. The molecular formula is C19H16ClNOS. The van der Waals surface area contributed by atoms with E-state index in [9.17, 15) is 4.79 Å². The lowest BCUT2D eigenvalue weighted by Gasteiger charge is -2.14. The highest BCUT2D eigenvalue weighted by atomic mass is 35.5. The average Bonchev–Trinajstić information content (AvgIpc) is 2.50. The molecule has 2 aromatic carbocycles. The first-order valence-electron chi connectivity index (χ1n) is 7.27. The summed E-state index contributed by atoms with van der Waals surface area (Å²) >= 11 is 7.60. The van der Waals surface area contributed by atoms with Gasteiger partial charge in [-0.1, -0.05) is 23.4 Å². The van der Waals surface area contributed by atoms with Gasteiger partial charge >= 0.3 is 0 Å². The van der Waals surface area contributed by atoms with Crippen molar-refractivity contribution in [3.05, 3.63) is 87.3 Å². The predicted molar refractivity (Wildman–Crippen MR) is 97.1 cm³/mol. The summed E-state index contributed by atoms with van der Waals surface area (Å²) in [6.45, 7) is 3.90. The number of rotatable bonds is 3. The molecule has 0 aliphatic rings. The summed E-state index contributed by atoms with van der Waals surface area (Å²) in [5.74, 6) is 0. The van der Waals surface area contributed by atoms with E-state index >= 15 is 0 Å². The second-order valence-corrected chi connectivity index (χ2v) is 6.94. The Hall–Kier alpha value is -1.97. The van der Waals surface area contributed by atoms with Crippen LogP contribution >= 0.6 is 23.4 Å². The van der Waals surface area contributed by atoms with Crippen molar-refractivity contribution in [1.82, 2.24) is 4.57 Å². The van der Waals surface area contributed by atoms with Crippen LogP contribution in [0.4, 0.5) is 0 Å². The summed E-state index contributed by atoms with van der Waals surface area (Å²) in [6, 6.07) is 19.4. The van der Waals surface area contributed by atoms with Crippen LogP contribution in [0.15, 0.2) is 75.2 Å². The van der Waals surface area contributed by atoms with Crippen LogP contribution in [-0.2, 0) is 0 Å². The molecule has 0 saturated heterocycles. The SMILES string of the molecule is Cc1cc(=O)cc(C)n1-c1ccc(Sc2ccc(Cl)cc2)cc1. The molecule has 23 heavy (non-hydrogen) atoms. The van der Waals surface area contributed by atoms with Crippen molar-refractivity contribution in [2.75, 3.05) is 0 Å². The van der Waals surface area contributed by atoms with Crippen molar-refractivity contribution < 1.29 is 0 Å². The van der Waals surface area contributed by atoms with Gasteiger partial charge in [-0.15, -0.1) is 0 Å². The molecule has 0 N–H and O–H groups in total. The molecule has 3 aromatic rings. The summed E-state index contributed by atoms with van der Waals surface area (Å²) in [6.07, 6.45) is 0. The zero-order valence-electron chi connectivity index (χ0n) is 12.9. The van der Waals surface area contributed by atoms with Gasteiger partial charge in [0, 0.05) is 44.0 Å². The van der Waals surface area contributed by atoms with Gasteiger partial charge in [0.2, 0.25) is 0 Å². The van der Waals surface area contributed by atoms with Crippen LogP contribution in [0.3, 0.4) is 0 Å². The summed E-state index contributed by atoms with van der Waals surface area (Å²) in [4.78, 5) is 13.9. The Morgan fingerprint density at radius 3 is 1.83 bits per heavy atom.